The van der Waals surface area contributed by atoms with E-state index in [1.165, 1.54) is 18.2 Å². The zero-order chi connectivity index (χ0) is 21.9. The first-order valence-corrected chi connectivity index (χ1v) is 10.9. The van der Waals surface area contributed by atoms with Crippen molar-refractivity contribution in [2.75, 3.05) is 13.1 Å². The van der Waals surface area contributed by atoms with Gasteiger partial charge in [-0.1, -0.05) is 6.08 Å². The van der Waals surface area contributed by atoms with Gasteiger partial charge >= 0.3 is 0 Å². The van der Waals surface area contributed by atoms with E-state index in [1.807, 2.05) is 29.9 Å². The molecule has 0 bridgehead atoms. The summed E-state index contributed by atoms with van der Waals surface area (Å²) in [5, 5.41) is 10.8. The Balaban J connectivity index is 1.80. The topological polar surface area (TPSA) is 106 Å². The zero-order valence-corrected chi connectivity index (χ0v) is 17.5. The number of non-ortho nitro benzene ring substituents is 1. The summed E-state index contributed by atoms with van der Waals surface area (Å²) in [5.41, 5.74) is 0.756. The van der Waals surface area contributed by atoms with Gasteiger partial charge in [-0.2, -0.15) is 4.31 Å². The normalized spacial score (nSPS) is 13.9. The van der Waals surface area contributed by atoms with Gasteiger partial charge in [0.1, 0.15) is 0 Å². The Bertz CT molecular complexity index is 1040. The summed E-state index contributed by atoms with van der Waals surface area (Å²) in [6.45, 7) is 3.63. The average Bonchev–Trinajstić information content (AvgIpc) is 3.47. The monoisotopic (exact) mass is 432 g/mol. The maximum absolute atomic E-state index is 13.1. The number of benzene rings is 1. The van der Waals surface area contributed by atoms with Gasteiger partial charge in [-0.25, -0.2) is 8.42 Å². The van der Waals surface area contributed by atoms with Crippen LogP contribution < -0.4 is 0 Å². The SMILES string of the molecule is C=CCN(CC(=O)N(Cc1cccn1C)C1CC1)S(=O)(=O)c1ccc([N+](=O)[O-])cc1. The van der Waals surface area contributed by atoms with Gasteiger partial charge < -0.3 is 9.47 Å². The van der Waals surface area contributed by atoms with Crippen molar-refractivity contribution in [1.82, 2.24) is 13.8 Å². The molecule has 1 amide bonds. The molecule has 160 valence electrons. The molecule has 0 unspecified atom stereocenters. The van der Waals surface area contributed by atoms with E-state index in [2.05, 4.69) is 6.58 Å². The largest absolute Gasteiger partial charge is 0.353 e. The Hall–Kier alpha value is -2.98. The van der Waals surface area contributed by atoms with E-state index in [-0.39, 0.29) is 35.6 Å². The maximum Gasteiger partial charge on any atom is 0.269 e. The molecule has 30 heavy (non-hydrogen) atoms. The van der Waals surface area contributed by atoms with Crippen molar-refractivity contribution in [3.63, 3.8) is 0 Å². The lowest BCUT2D eigenvalue weighted by molar-refractivity contribution is -0.384. The summed E-state index contributed by atoms with van der Waals surface area (Å²) in [4.78, 5) is 24.9. The average molecular weight is 433 g/mol. The predicted octanol–water partition coefficient (Wildman–Crippen LogP) is 2.30. The van der Waals surface area contributed by atoms with E-state index in [0.29, 0.717) is 6.54 Å². The highest BCUT2D eigenvalue weighted by Crippen LogP contribution is 2.29. The van der Waals surface area contributed by atoms with Crippen molar-refractivity contribution in [3.05, 3.63) is 71.1 Å². The molecule has 0 atom stereocenters. The van der Waals surface area contributed by atoms with Gasteiger partial charge in [-0.3, -0.25) is 14.9 Å². The van der Waals surface area contributed by atoms with Gasteiger partial charge in [0.2, 0.25) is 15.9 Å². The fourth-order valence-electron chi connectivity index (χ4n) is 3.16. The molecular formula is C20H24N4O5S. The van der Waals surface area contributed by atoms with Crippen LogP contribution in [0.25, 0.3) is 0 Å². The van der Waals surface area contributed by atoms with Crippen LogP contribution in [0.5, 0.6) is 0 Å². The minimum Gasteiger partial charge on any atom is -0.353 e. The molecule has 10 heteroatoms. The number of nitrogens with zero attached hydrogens (tertiary/aromatic N) is 4. The summed E-state index contributed by atoms with van der Waals surface area (Å²) in [7, 11) is -2.13. The first kappa shape index (κ1) is 21.7. The quantitative estimate of drug-likeness (QED) is 0.325. The second-order valence-corrected chi connectivity index (χ2v) is 9.14. The van der Waals surface area contributed by atoms with Crippen molar-refractivity contribution in [2.45, 2.75) is 30.3 Å². The van der Waals surface area contributed by atoms with Crippen LogP contribution in [0.15, 0.2) is 60.1 Å². The molecule has 0 radical (unpaired) electrons. The molecule has 0 spiro atoms. The first-order valence-electron chi connectivity index (χ1n) is 9.49. The van der Waals surface area contributed by atoms with Crippen molar-refractivity contribution in [1.29, 1.82) is 0 Å². The molecule has 0 saturated heterocycles. The Labute approximate surface area is 175 Å². The summed E-state index contributed by atoms with van der Waals surface area (Å²) in [5.74, 6) is -0.286. The van der Waals surface area contributed by atoms with Crippen molar-refractivity contribution in [2.24, 2.45) is 7.05 Å². The minimum atomic E-state index is -4.02. The smallest absolute Gasteiger partial charge is 0.269 e. The number of nitro benzene ring substituents is 1. The molecule has 0 N–H and O–H groups in total. The molecule has 1 aliphatic rings. The highest BCUT2D eigenvalue weighted by molar-refractivity contribution is 7.89. The molecule has 3 rings (SSSR count). The van der Waals surface area contributed by atoms with Crippen LogP contribution in [0.2, 0.25) is 0 Å². The van der Waals surface area contributed by atoms with Gasteiger partial charge in [0, 0.05) is 43.7 Å². The molecule has 1 heterocycles. The summed E-state index contributed by atoms with van der Waals surface area (Å²) in [6.07, 6.45) is 5.10. The van der Waals surface area contributed by atoms with Gasteiger partial charge in [0.25, 0.3) is 5.69 Å². The van der Waals surface area contributed by atoms with Gasteiger partial charge in [0.15, 0.2) is 0 Å². The maximum atomic E-state index is 13.1. The number of hydrogen-bond donors (Lipinski definition) is 0. The van der Waals surface area contributed by atoms with E-state index < -0.39 is 14.9 Å². The molecule has 0 aliphatic heterocycles. The summed E-state index contributed by atoms with van der Waals surface area (Å²) >= 11 is 0. The Morgan fingerprint density at radius 3 is 2.47 bits per heavy atom. The van der Waals surface area contributed by atoms with E-state index in [9.17, 15) is 23.3 Å². The Morgan fingerprint density at radius 2 is 1.97 bits per heavy atom. The number of aryl methyl sites for hydroxylation is 1. The van der Waals surface area contributed by atoms with E-state index in [4.69, 9.17) is 0 Å². The number of aromatic nitrogens is 1. The molecule has 1 aromatic carbocycles. The van der Waals surface area contributed by atoms with Crippen LogP contribution in [0.1, 0.15) is 18.5 Å². The predicted molar refractivity (Wildman–Crippen MR) is 111 cm³/mol. The van der Waals surface area contributed by atoms with Crippen molar-refractivity contribution < 1.29 is 18.1 Å². The number of rotatable bonds is 10. The van der Waals surface area contributed by atoms with Crippen LogP contribution in [-0.4, -0.2) is 52.2 Å². The highest BCUT2D eigenvalue weighted by atomic mass is 32.2. The van der Waals surface area contributed by atoms with Crippen LogP contribution in [0, 0.1) is 10.1 Å². The van der Waals surface area contributed by atoms with Crippen LogP contribution in [0.4, 0.5) is 5.69 Å². The molecule has 1 fully saturated rings. The fourth-order valence-corrected chi connectivity index (χ4v) is 4.52. The number of amides is 1. The molecule has 9 nitrogen and oxygen atoms in total. The second-order valence-electron chi connectivity index (χ2n) is 7.20. The lowest BCUT2D eigenvalue weighted by Crippen LogP contribution is -2.43. The molecular weight excluding hydrogens is 408 g/mol. The summed E-state index contributed by atoms with van der Waals surface area (Å²) in [6, 6.07) is 8.55. The second kappa shape index (κ2) is 8.80. The first-order chi connectivity index (χ1) is 14.2. The van der Waals surface area contributed by atoms with Crippen molar-refractivity contribution >= 4 is 21.6 Å². The van der Waals surface area contributed by atoms with E-state index in [1.54, 1.807) is 4.90 Å². The third-order valence-corrected chi connectivity index (χ3v) is 6.85. The van der Waals surface area contributed by atoms with Crippen LogP contribution >= 0.6 is 0 Å². The number of carbonyl (C=O) groups excluding carboxylic acids is 1. The van der Waals surface area contributed by atoms with Crippen LogP contribution in [0.3, 0.4) is 0 Å². The van der Waals surface area contributed by atoms with Crippen molar-refractivity contribution in [3.8, 4) is 0 Å². The van der Waals surface area contributed by atoms with Gasteiger partial charge in [-0.15, -0.1) is 6.58 Å². The third-order valence-electron chi connectivity index (χ3n) is 5.02. The molecule has 1 saturated carbocycles. The van der Waals surface area contributed by atoms with E-state index in [0.717, 1.165) is 35.0 Å². The number of hydrogen-bond acceptors (Lipinski definition) is 5. The highest BCUT2D eigenvalue weighted by Gasteiger charge is 2.35. The lowest BCUT2D eigenvalue weighted by atomic mass is 10.3. The lowest BCUT2D eigenvalue weighted by Gasteiger charge is -2.27. The standard InChI is InChI=1S/C20H24N4O5S/c1-3-12-22(30(28,29)19-10-8-17(9-11-19)24(26)27)15-20(25)23(16-6-7-16)14-18-5-4-13-21(18)2/h3-5,8-11,13,16H,1,6-7,12,14-15H2,2H3. The molecule has 1 aliphatic carbocycles. The number of nitro groups is 1. The molecule has 2 aromatic rings. The minimum absolute atomic E-state index is 0.0479. The Kier molecular flexibility index (Phi) is 6.37. The number of carbonyl (C=O) groups is 1. The molecule has 1 aromatic heterocycles. The van der Waals surface area contributed by atoms with Crippen LogP contribution in [-0.2, 0) is 28.4 Å². The zero-order valence-electron chi connectivity index (χ0n) is 16.7. The number of sulfonamides is 1. The fraction of sp³-hybridized carbons (Fsp3) is 0.350. The van der Waals surface area contributed by atoms with E-state index >= 15 is 0 Å². The van der Waals surface area contributed by atoms with Gasteiger partial charge in [0.05, 0.1) is 22.9 Å². The summed E-state index contributed by atoms with van der Waals surface area (Å²) < 4.78 is 29.1. The Morgan fingerprint density at radius 1 is 1.30 bits per heavy atom. The third kappa shape index (κ3) is 4.77. The van der Waals surface area contributed by atoms with Gasteiger partial charge in [-0.05, 0) is 37.1 Å².